The first kappa shape index (κ1) is 25.8. The van der Waals surface area contributed by atoms with E-state index in [1.54, 1.807) is 49.0 Å². The summed E-state index contributed by atoms with van der Waals surface area (Å²) >= 11 is 0. The predicted octanol–water partition coefficient (Wildman–Crippen LogP) is 2.98. The van der Waals surface area contributed by atoms with Gasteiger partial charge in [-0.15, -0.1) is 0 Å². The van der Waals surface area contributed by atoms with Crippen molar-refractivity contribution in [2.24, 2.45) is 7.05 Å². The topological polar surface area (TPSA) is 125 Å². The maximum absolute atomic E-state index is 13.0. The highest BCUT2D eigenvalue weighted by Gasteiger charge is 2.22. The highest BCUT2D eigenvalue weighted by molar-refractivity contribution is 5.97. The second kappa shape index (κ2) is 11.6. The summed E-state index contributed by atoms with van der Waals surface area (Å²) in [6.07, 6.45) is 1.51. The molecule has 10 heteroatoms. The molecular weight excluding hydrogens is 464 g/mol. The lowest BCUT2D eigenvalue weighted by Crippen LogP contribution is -2.31. The first-order valence-corrected chi connectivity index (χ1v) is 11.0. The number of para-hydroxylation sites is 1. The van der Waals surface area contributed by atoms with E-state index in [1.807, 2.05) is 24.3 Å². The van der Waals surface area contributed by atoms with E-state index in [0.717, 1.165) is 0 Å². The molecule has 0 aliphatic rings. The van der Waals surface area contributed by atoms with Crippen LogP contribution in [-0.2, 0) is 21.4 Å². The van der Waals surface area contributed by atoms with E-state index in [-0.39, 0.29) is 12.3 Å². The number of rotatable bonds is 9. The quantitative estimate of drug-likeness (QED) is 0.361. The van der Waals surface area contributed by atoms with Crippen molar-refractivity contribution in [3.63, 3.8) is 0 Å². The summed E-state index contributed by atoms with van der Waals surface area (Å²) in [5, 5.41) is 11.2. The zero-order valence-electron chi connectivity index (χ0n) is 20.3. The molecule has 1 amide bonds. The molecule has 1 N–H and O–H groups in total. The number of anilines is 1. The van der Waals surface area contributed by atoms with Crippen molar-refractivity contribution in [1.82, 2.24) is 9.36 Å². The van der Waals surface area contributed by atoms with Crippen LogP contribution >= 0.6 is 0 Å². The van der Waals surface area contributed by atoms with Gasteiger partial charge in [-0.2, -0.15) is 5.26 Å². The molecule has 2 aromatic carbocycles. The molecule has 1 unspecified atom stereocenters. The van der Waals surface area contributed by atoms with Crippen LogP contribution in [0.3, 0.4) is 0 Å². The second-order valence-corrected chi connectivity index (χ2v) is 7.70. The largest absolute Gasteiger partial charge is 0.493 e. The maximum atomic E-state index is 13.0. The summed E-state index contributed by atoms with van der Waals surface area (Å²) in [6, 6.07) is 15.8. The number of nitriles is 1. The molecule has 0 spiro atoms. The number of benzene rings is 2. The number of esters is 1. The average molecular weight is 491 g/mol. The molecule has 0 radical (unpaired) electrons. The van der Waals surface area contributed by atoms with E-state index < -0.39 is 23.5 Å². The zero-order chi connectivity index (χ0) is 26.2. The van der Waals surface area contributed by atoms with Gasteiger partial charge in [-0.25, -0.2) is 9.48 Å². The van der Waals surface area contributed by atoms with Gasteiger partial charge in [-0.1, -0.05) is 24.3 Å². The minimum absolute atomic E-state index is 0.107. The highest BCUT2D eigenvalue weighted by Crippen LogP contribution is 2.28. The number of hydrogen-bond acceptors (Lipinski definition) is 7. The Bertz CT molecular complexity index is 1380. The van der Waals surface area contributed by atoms with Crippen molar-refractivity contribution in [2.45, 2.75) is 20.0 Å². The first-order valence-electron chi connectivity index (χ1n) is 11.0. The highest BCUT2D eigenvalue weighted by atomic mass is 16.5. The van der Waals surface area contributed by atoms with Crippen LogP contribution in [0.2, 0.25) is 0 Å². The molecule has 1 aromatic heterocycles. The van der Waals surface area contributed by atoms with Crippen LogP contribution in [0.15, 0.2) is 59.4 Å². The third kappa shape index (κ3) is 5.82. The van der Waals surface area contributed by atoms with Crippen LogP contribution in [0.5, 0.6) is 11.5 Å². The smallest absolute Gasteiger partial charge is 0.331 e. The minimum Gasteiger partial charge on any atom is -0.493 e. The fourth-order valence-corrected chi connectivity index (χ4v) is 3.39. The summed E-state index contributed by atoms with van der Waals surface area (Å²) in [4.78, 5) is 37.9. The summed E-state index contributed by atoms with van der Waals surface area (Å²) in [6.45, 7) is 3.00. The summed E-state index contributed by atoms with van der Waals surface area (Å²) in [5.41, 5.74) is 1.53. The molecule has 0 saturated heterocycles. The van der Waals surface area contributed by atoms with Crippen LogP contribution in [0.1, 0.15) is 18.2 Å². The van der Waals surface area contributed by atoms with Crippen molar-refractivity contribution >= 4 is 23.6 Å². The Hall–Kier alpha value is -4.78. The Morgan fingerprint density at radius 3 is 2.56 bits per heavy atom. The fourth-order valence-electron chi connectivity index (χ4n) is 3.39. The molecule has 0 aliphatic heterocycles. The number of nitrogens with zero attached hydrogens (tertiary/aromatic N) is 3. The number of amides is 1. The van der Waals surface area contributed by atoms with E-state index in [9.17, 15) is 14.4 Å². The first-order chi connectivity index (χ1) is 17.3. The van der Waals surface area contributed by atoms with Gasteiger partial charge in [-0.3, -0.25) is 14.3 Å². The third-order valence-electron chi connectivity index (χ3n) is 5.36. The summed E-state index contributed by atoms with van der Waals surface area (Å²) in [5.74, 6) is -0.587. The monoisotopic (exact) mass is 490 g/mol. The number of ether oxygens (including phenoxy) is 3. The van der Waals surface area contributed by atoms with Gasteiger partial charge in [-0.05, 0) is 49.8 Å². The number of nitrogens with one attached hydrogen (secondary N) is 1. The molecule has 186 valence electrons. The van der Waals surface area contributed by atoms with Crippen LogP contribution < -0.4 is 20.3 Å². The van der Waals surface area contributed by atoms with Gasteiger partial charge in [0.05, 0.1) is 18.5 Å². The number of carbonyl (C=O) groups excluding carboxylic acids is 2. The molecule has 1 atom stereocenters. The summed E-state index contributed by atoms with van der Waals surface area (Å²) < 4.78 is 18.8. The van der Waals surface area contributed by atoms with Gasteiger partial charge in [0.25, 0.3) is 11.5 Å². The van der Waals surface area contributed by atoms with Crippen LogP contribution in [0.4, 0.5) is 5.69 Å². The predicted molar refractivity (Wildman–Crippen MR) is 133 cm³/mol. The summed E-state index contributed by atoms with van der Waals surface area (Å²) in [7, 11) is 3.17. The lowest BCUT2D eigenvalue weighted by molar-refractivity contribution is -0.148. The van der Waals surface area contributed by atoms with E-state index in [2.05, 4.69) is 5.32 Å². The minimum atomic E-state index is -1.15. The van der Waals surface area contributed by atoms with E-state index in [4.69, 9.17) is 19.5 Å². The van der Waals surface area contributed by atoms with E-state index in [1.165, 1.54) is 30.9 Å². The van der Waals surface area contributed by atoms with Gasteiger partial charge < -0.3 is 19.5 Å². The van der Waals surface area contributed by atoms with Crippen LogP contribution in [-0.4, -0.2) is 41.1 Å². The van der Waals surface area contributed by atoms with Gasteiger partial charge in [0, 0.05) is 13.1 Å². The van der Waals surface area contributed by atoms with Crippen molar-refractivity contribution in [1.29, 1.82) is 5.26 Å². The Morgan fingerprint density at radius 1 is 1.17 bits per heavy atom. The zero-order valence-corrected chi connectivity index (χ0v) is 20.3. The lowest BCUT2D eigenvalue weighted by atomic mass is 10.2. The Kier molecular flexibility index (Phi) is 8.30. The number of methoxy groups -OCH3 is 1. The SMILES string of the molecule is COc1cc(C=CC(=O)OC(C)C(=O)Nc2c(C)n(C)n(-c3ccccc3)c2=O)ccc1OCC#N. The van der Waals surface area contributed by atoms with Crippen LogP contribution in [0.25, 0.3) is 11.8 Å². The molecule has 10 nitrogen and oxygen atoms in total. The fraction of sp³-hybridized carbons (Fsp3) is 0.231. The molecule has 3 aromatic rings. The molecular formula is C26H26N4O6. The molecule has 0 fully saturated rings. The van der Waals surface area contributed by atoms with Crippen LogP contribution in [0, 0.1) is 18.3 Å². The van der Waals surface area contributed by atoms with Gasteiger partial charge in [0.15, 0.2) is 24.2 Å². The van der Waals surface area contributed by atoms with Gasteiger partial charge in [0.1, 0.15) is 11.8 Å². The number of aromatic nitrogens is 2. The Labute approximate surface area is 207 Å². The average Bonchev–Trinajstić information content (AvgIpc) is 3.09. The van der Waals surface area contributed by atoms with Crippen molar-refractivity contribution in [3.8, 4) is 23.3 Å². The van der Waals surface area contributed by atoms with E-state index >= 15 is 0 Å². The molecule has 0 aliphatic carbocycles. The lowest BCUT2D eigenvalue weighted by Gasteiger charge is -2.12. The molecule has 1 heterocycles. The number of hydrogen-bond donors (Lipinski definition) is 1. The maximum Gasteiger partial charge on any atom is 0.331 e. The Balaban J connectivity index is 1.66. The molecule has 0 bridgehead atoms. The molecule has 3 rings (SSSR count). The van der Waals surface area contributed by atoms with Gasteiger partial charge in [0.2, 0.25) is 0 Å². The van der Waals surface area contributed by atoms with Crippen molar-refractivity contribution in [3.05, 3.63) is 76.2 Å². The van der Waals surface area contributed by atoms with Gasteiger partial charge >= 0.3 is 5.97 Å². The van der Waals surface area contributed by atoms with Crippen molar-refractivity contribution in [2.75, 3.05) is 19.0 Å². The number of carbonyl (C=O) groups is 2. The third-order valence-corrected chi connectivity index (χ3v) is 5.36. The Morgan fingerprint density at radius 2 is 1.89 bits per heavy atom. The normalized spacial score (nSPS) is 11.5. The standard InChI is InChI=1S/C26H26N4O6/c1-17-24(26(33)30(29(17)3)20-8-6-5-7-9-20)28-25(32)18(2)36-23(31)13-11-19-10-12-21(35-15-14-27)22(16-19)34-4/h5-13,16,18H,15H2,1-4H3,(H,28,32). The van der Waals surface area contributed by atoms with Crippen molar-refractivity contribution < 1.29 is 23.8 Å². The second-order valence-electron chi connectivity index (χ2n) is 7.70. The van der Waals surface area contributed by atoms with E-state index in [0.29, 0.717) is 28.4 Å². The molecule has 36 heavy (non-hydrogen) atoms. The molecule has 0 saturated carbocycles.